The van der Waals surface area contributed by atoms with Gasteiger partial charge < -0.3 is 15.2 Å². The molecule has 3 atom stereocenters. The fourth-order valence-corrected chi connectivity index (χ4v) is 3.86. The number of para-hydroxylation sites is 1. The van der Waals surface area contributed by atoms with E-state index in [4.69, 9.17) is 4.74 Å². The normalized spacial score (nSPS) is 24.0. The van der Waals surface area contributed by atoms with E-state index >= 15 is 0 Å². The molecule has 146 valence electrons. The Balaban J connectivity index is 2.11. The summed E-state index contributed by atoms with van der Waals surface area (Å²) >= 11 is 0. The van der Waals surface area contributed by atoms with Crippen LogP contribution in [0.3, 0.4) is 0 Å². The Morgan fingerprint density at radius 1 is 1.21 bits per heavy atom. The molecule has 28 heavy (non-hydrogen) atoms. The highest BCUT2D eigenvalue weighted by atomic mass is 16.6. The van der Waals surface area contributed by atoms with E-state index < -0.39 is 28.4 Å². The third-order valence-corrected chi connectivity index (χ3v) is 4.99. The molecule has 2 aromatic rings. The summed E-state index contributed by atoms with van der Waals surface area (Å²) in [7, 11) is 0. The molecule has 3 unspecified atom stereocenters. The average Bonchev–Trinajstić information content (AvgIpc) is 2.66. The number of benzene rings is 2. The summed E-state index contributed by atoms with van der Waals surface area (Å²) in [5.41, 5.74) is -0.0810. The number of ether oxygens (including phenoxy) is 1. The molecule has 0 fully saturated rings. The van der Waals surface area contributed by atoms with Crippen molar-refractivity contribution in [1.29, 1.82) is 0 Å². The molecule has 0 radical (unpaired) electrons. The molecule has 1 aliphatic rings. The zero-order valence-corrected chi connectivity index (χ0v) is 15.7. The van der Waals surface area contributed by atoms with Gasteiger partial charge in [0.15, 0.2) is 5.41 Å². The zero-order valence-electron chi connectivity index (χ0n) is 15.7. The van der Waals surface area contributed by atoms with Crippen molar-refractivity contribution in [2.24, 2.45) is 0 Å². The van der Waals surface area contributed by atoms with Crippen LogP contribution in [-0.2, 0) is 16.8 Å². The minimum absolute atomic E-state index is 0.229. The van der Waals surface area contributed by atoms with Crippen LogP contribution in [0.15, 0.2) is 66.4 Å². The predicted octanol–water partition coefficient (Wildman–Crippen LogP) is 3.13. The van der Waals surface area contributed by atoms with Crippen LogP contribution >= 0.6 is 0 Å². The number of nitrogens with zero attached hydrogens (tertiary/aromatic N) is 1. The van der Waals surface area contributed by atoms with E-state index in [1.807, 2.05) is 30.3 Å². The molecule has 7 nitrogen and oxygen atoms in total. The first-order chi connectivity index (χ1) is 13.4. The molecule has 0 saturated carbocycles. The van der Waals surface area contributed by atoms with Crippen molar-refractivity contribution in [3.8, 4) is 5.75 Å². The van der Waals surface area contributed by atoms with Crippen molar-refractivity contribution in [3.05, 3.63) is 87.6 Å². The first-order valence-corrected chi connectivity index (χ1v) is 8.95. The van der Waals surface area contributed by atoms with Gasteiger partial charge in [0.1, 0.15) is 12.4 Å². The van der Waals surface area contributed by atoms with Crippen LogP contribution in [0.1, 0.15) is 25.0 Å². The lowest BCUT2D eigenvalue weighted by molar-refractivity contribution is -0.534. The number of aliphatic carboxylic acids is 1. The lowest BCUT2D eigenvalue weighted by Gasteiger charge is -2.38. The van der Waals surface area contributed by atoms with Gasteiger partial charge in [-0.05, 0) is 31.6 Å². The molecule has 0 spiro atoms. The highest BCUT2D eigenvalue weighted by Gasteiger charge is 2.59. The second kappa shape index (κ2) is 7.72. The third kappa shape index (κ3) is 3.43. The molecule has 0 bridgehead atoms. The quantitative estimate of drug-likeness (QED) is 0.588. The summed E-state index contributed by atoms with van der Waals surface area (Å²) in [6.07, 6.45) is 1.42. The van der Waals surface area contributed by atoms with Crippen molar-refractivity contribution in [1.82, 2.24) is 5.32 Å². The topological polar surface area (TPSA) is 102 Å². The highest BCUT2D eigenvalue weighted by Crippen LogP contribution is 2.41. The summed E-state index contributed by atoms with van der Waals surface area (Å²) in [6, 6.07) is 14.0. The SMILES string of the molecule is CC1=CC(C(=O)O)(c2ccccc2OCc2ccccc2)C([N+](=O)[O-])C(C)N1. The Morgan fingerprint density at radius 2 is 1.86 bits per heavy atom. The summed E-state index contributed by atoms with van der Waals surface area (Å²) in [4.78, 5) is 23.8. The summed E-state index contributed by atoms with van der Waals surface area (Å²) in [6.45, 7) is 3.56. The maximum atomic E-state index is 12.5. The van der Waals surface area contributed by atoms with Gasteiger partial charge in [0.25, 0.3) is 6.04 Å². The molecule has 2 N–H and O–H groups in total. The van der Waals surface area contributed by atoms with E-state index in [-0.39, 0.29) is 12.2 Å². The molecule has 1 heterocycles. The van der Waals surface area contributed by atoms with E-state index in [1.54, 1.807) is 38.1 Å². The molecule has 7 heteroatoms. The fraction of sp³-hybridized carbons (Fsp3) is 0.286. The molecule has 1 aliphatic heterocycles. The van der Waals surface area contributed by atoms with E-state index in [1.165, 1.54) is 6.08 Å². The van der Waals surface area contributed by atoms with Gasteiger partial charge in [-0.25, -0.2) is 0 Å². The number of carboxylic acids is 1. The van der Waals surface area contributed by atoms with Crippen molar-refractivity contribution in [2.45, 2.75) is 38.0 Å². The lowest BCUT2D eigenvalue weighted by atomic mass is 9.69. The maximum absolute atomic E-state index is 12.5. The number of carboxylic acid groups (broad SMARTS) is 1. The average molecular weight is 382 g/mol. The Bertz CT molecular complexity index is 912. The minimum Gasteiger partial charge on any atom is -0.489 e. The van der Waals surface area contributed by atoms with Gasteiger partial charge >= 0.3 is 5.97 Å². The van der Waals surface area contributed by atoms with E-state index in [2.05, 4.69) is 5.32 Å². The smallest absolute Gasteiger partial charge is 0.325 e. The Kier molecular flexibility index (Phi) is 5.35. The summed E-state index contributed by atoms with van der Waals surface area (Å²) < 4.78 is 5.91. The second-order valence-corrected chi connectivity index (χ2v) is 6.94. The largest absolute Gasteiger partial charge is 0.489 e. The van der Waals surface area contributed by atoms with Gasteiger partial charge in [-0.1, -0.05) is 48.5 Å². The molecule has 2 aromatic carbocycles. The number of nitro groups is 1. The standard InChI is InChI=1S/C21H22N2O5/c1-14-12-21(20(24)25,19(23(26)27)15(2)22-14)17-10-6-7-11-18(17)28-13-16-8-4-3-5-9-16/h3-12,15,19,22H,13H2,1-2H3,(H,24,25). The van der Waals surface area contributed by atoms with Gasteiger partial charge in [-0.2, -0.15) is 0 Å². The summed E-state index contributed by atoms with van der Waals surface area (Å²) in [5, 5.41) is 25.0. The van der Waals surface area contributed by atoms with Gasteiger partial charge in [0.05, 0.1) is 6.04 Å². The number of allylic oxidation sites excluding steroid dienone is 1. The zero-order chi connectivity index (χ0) is 20.3. The lowest BCUT2D eigenvalue weighted by Crippen LogP contribution is -2.60. The van der Waals surface area contributed by atoms with Crippen LogP contribution in [0.2, 0.25) is 0 Å². The van der Waals surface area contributed by atoms with Crippen LogP contribution < -0.4 is 10.1 Å². The number of hydrogen-bond donors (Lipinski definition) is 2. The summed E-state index contributed by atoms with van der Waals surface area (Å²) in [5.74, 6) is -0.962. The molecule has 0 amide bonds. The second-order valence-electron chi connectivity index (χ2n) is 6.94. The molecule has 0 aliphatic carbocycles. The van der Waals surface area contributed by atoms with E-state index in [0.29, 0.717) is 11.4 Å². The van der Waals surface area contributed by atoms with Gasteiger partial charge in [-0.15, -0.1) is 0 Å². The van der Waals surface area contributed by atoms with Gasteiger partial charge in [-0.3, -0.25) is 14.9 Å². The maximum Gasteiger partial charge on any atom is 0.325 e. The number of hydrogen-bond acceptors (Lipinski definition) is 5. The van der Waals surface area contributed by atoms with E-state index in [0.717, 1.165) is 5.56 Å². The van der Waals surface area contributed by atoms with E-state index in [9.17, 15) is 20.0 Å². The highest BCUT2D eigenvalue weighted by molar-refractivity contribution is 5.87. The van der Waals surface area contributed by atoms with Crippen LogP contribution in [0.25, 0.3) is 0 Å². The van der Waals surface area contributed by atoms with Crippen LogP contribution in [0.5, 0.6) is 5.75 Å². The third-order valence-electron chi connectivity index (χ3n) is 4.99. The minimum atomic E-state index is -1.84. The number of nitrogens with one attached hydrogen (secondary N) is 1. The molecular formula is C21H22N2O5. The number of carbonyl (C=O) groups is 1. The van der Waals surface area contributed by atoms with Gasteiger partial charge in [0.2, 0.25) is 0 Å². The molecule has 3 rings (SSSR count). The molecule has 0 saturated heterocycles. The van der Waals surface area contributed by atoms with Crippen molar-refractivity contribution in [3.63, 3.8) is 0 Å². The Labute approximate surface area is 162 Å². The molecular weight excluding hydrogens is 360 g/mol. The van der Waals surface area contributed by atoms with Gasteiger partial charge in [0, 0.05) is 16.2 Å². The number of rotatable bonds is 6. The van der Waals surface area contributed by atoms with Crippen molar-refractivity contribution >= 4 is 5.97 Å². The fourth-order valence-electron chi connectivity index (χ4n) is 3.86. The Morgan fingerprint density at radius 3 is 2.50 bits per heavy atom. The van der Waals surface area contributed by atoms with Crippen molar-refractivity contribution < 1.29 is 19.6 Å². The monoisotopic (exact) mass is 382 g/mol. The molecule has 0 aromatic heterocycles. The van der Waals surface area contributed by atoms with Crippen LogP contribution in [0.4, 0.5) is 0 Å². The van der Waals surface area contributed by atoms with Crippen LogP contribution in [-0.4, -0.2) is 28.1 Å². The van der Waals surface area contributed by atoms with Crippen LogP contribution in [0, 0.1) is 10.1 Å². The Hall–Kier alpha value is -3.35. The predicted molar refractivity (Wildman–Crippen MR) is 104 cm³/mol. The first kappa shape index (κ1) is 19.4. The van der Waals surface area contributed by atoms with Crippen molar-refractivity contribution in [2.75, 3.05) is 0 Å². The first-order valence-electron chi connectivity index (χ1n) is 8.95.